The van der Waals surface area contributed by atoms with Gasteiger partial charge in [0.25, 0.3) is 0 Å². The first kappa shape index (κ1) is 28.7. The number of hydrogen-bond donors (Lipinski definition) is 0. The van der Waals surface area contributed by atoms with Crippen molar-refractivity contribution in [1.82, 2.24) is 14.5 Å². The second-order valence-corrected chi connectivity index (χ2v) is 13.8. The van der Waals surface area contributed by atoms with E-state index in [1.54, 1.807) is 0 Å². The van der Waals surface area contributed by atoms with Gasteiger partial charge in [-0.25, -0.2) is 9.97 Å². The molecule has 0 aliphatic heterocycles. The molecule has 9 aromatic rings. The minimum absolute atomic E-state index is 0.0900. The monoisotopic (exact) mass is 639 g/mol. The van der Waals surface area contributed by atoms with Gasteiger partial charge in [-0.2, -0.15) is 0 Å². The molecule has 2 heterocycles. The van der Waals surface area contributed by atoms with Crippen molar-refractivity contribution in [3.05, 3.63) is 175 Å². The Morgan fingerprint density at radius 2 is 1.10 bits per heavy atom. The molecule has 0 spiro atoms. The zero-order valence-electron chi connectivity index (χ0n) is 27.9. The van der Waals surface area contributed by atoms with Crippen LogP contribution < -0.4 is 0 Å². The Kier molecular flexibility index (Phi) is 6.22. The number of benzene rings is 7. The van der Waals surface area contributed by atoms with Crippen LogP contribution in [0.4, 0.5) is 0 Å². The molecule has 0 fully saturated rings. The summed E-state index contributed by atoms with van der Waals surface area (Å²) in [6.07, 6.45) is 0. The van der Waals surface area contributed by atoms with Crippen LogP contribution in [0.5, 0.6) is 0 Å². The molecule has 0 saturated carbocycles. The molecule has 0 unspecified atom stereocenters. The summed E-state index contributed by atoms with van der Waals surface area (Å²) in [5.74, 6) is 0.720. The highest BCUT2D eigenvalue weighted by Gasteiger charge is 2.36. The maximum Gasteiger partial charge on any atom is 0.160 e. The summed E-state index contributed by atoms with van der Waals surface area (Å²) in [4.78, 5) is 10.1. The van der Waals surface area contributed by atoms with Crippen LogP contribution in [0.1, 0.15) is 25.0 Å². The van der Waals surface area contributed by atoms with Gasteiger partial charge in [0, 0.05) is 38.6 Å². The van der Waals surface area contributed by atoms with E-state index in [2.05, 4.69) is 158 Å². The maximum atomic E-state index is 5.08. The molecule has 0 N–H and O–H groups in total. The van der Waals surface area contributed by atoms with Crippen LogP contribution >= 0.6 is 0 Å². The van der Waals surface area contributed by atoms with Crippen molar-refractivity contribution >= 4 is 32.6 Å². The third-order valence-corrected chi connectivity index (χ3v) is 10.6. The first-order chi connectivity index (χ1) is 24.5. The second-order valence-electron chi connectivity index (χ2n) is 13.8. The largest absolute Gasteiger partial charge is 0.309 e. The highest BCUT2D eigenvalue weighted by atomic mass is 15.0. The predicted molar refractivity (Wildman–Crippen MR) is 208 cm³/mol. The zero-order chi connectivity index (χ0) is 33.4. The van der Waals surface area contributed by atoms with Gasteiger partial charge >= 0.3 is 0 Å². The lowest BCUT2D eigenvalue weighted by Crippen LogP contribution is -2.14. The number of fused-ring (bicyclic) bond motifs is 8. The Balaban J connectivity index is 1.18. The predicted octanol–water partition coefficient (Wildman–Crippen LogP) is 12.0. The van der Waals surface area contributed by atoms with E-state index in [1.165, 1.54) is 54.8 Å². The van der Waals surface area contributed by atoms with Crippen molar-refractivity contribution in [2.45, 2.75) is 19.3 Å². The smallest absolute Gasteiger partial charge is 0.160 e. The molecule has 3 nitrogen and oxygen atoms in total. The van der Waals surface area contributed by atoms with Gasteiger partial charge in [0.05, 0.1) is 22.4 Å². The zero-order valence-corrected chi connectivity index (χ0v) is 27.9. The number of aromatic nitrogens is 3. The average Bonchev–Trinajstić information content (AvgIpc) is 3.62. The van der Waals surface area contributed by atoms with Gasteiger partial charge in [0.2, 0.25) is 0 Å². The van der Waals surface area contributed by atoms with E-state index in [-0.39, 0.29) is 5.41 Å². The van der Waals surface area contributed by atoms with Crippen LogP contribution in [0, 0.1) is 0 Å². The van der Waals surface area contributed by atoms with Crippen molar-refractivity contribution in [1.29, 1.82) is 0 Å². The van der Waals surface area contributed by atoms with Crippen LogP contribution in [-0.2, 0) is 5.41 Å². The van der Waals surface area contributed by atoms with E-state index >= 15 is 0 Å². The molecule has 1 aliphatic carbocycles. The number of hydrogen-bond acceptors (Lipinski definition) is 2. The summed E-state index contributed by atoms with van der Waals surface area (Å²) in [7, 11) is 0. The Hall–Kier alpha value is -6.32. The topological polar surface area (TPSA) is 30.7 Å². The fourth-order valence-electron chi connectivity index (χ4n) is 8.11. The van der Waals surface area contributed by atoms with Gasteiger partial charge in [-0.1, -0.05) is 141 Å². The van der Waals surface area contributed by atoms with Crippen molar-refractivity contribution in [3.8, 4) is 50.7 Å². The molecule has 0 bridgehead atoms. The molecule has 1 aliphatic rings. The van der Waals surface area contributed by atoms with E-state index in [4.69, 9.17) is 9.97 Å². The Morgan fingerprint density at radius 1 is 0.460 bits per heavy atom. The van der Waals surface area contributed by atoms with Crippen LogP contribution in [-0.4, -0.2) is 14.5 Å². The summed E-state index contributed by atoms with van der Waals surface area (Å²) < 4.78 is 2.45. The molecule has 7 aromatic carbocycles. The van der Waals surface area contributed by atoms with E-state index in [0.29, 0.717) is 0 Å². The first-order valence-corrected chi connectivity index (χ1v) is 17.3. The lowest BCUT2D eigenvalue weighted by Gasteiger charge is -2.21. The van der Waals surface area contributed by atoms with Gasteiger partial charge in [0.15, 0.2) is 5.82 Å². The van der Waals surface area contributed by atoms with Crippen molar-refractivity contribution in [3.63, 3.8) is 0 Å². The lowest BCUT2D eigenvalue weighted by atomic mass is 9.82. The van der Waals surface area contributed by atoms with Gasteiger partial charge in [-0.3, -0.25) is 0 Å². The summed E-state index contributed by atoms with van der Waals surface area (Å²) in [5.41, 5.74) is 13.8. The third kappa shape index (κ3) is 4.30. The second kappa shape index (κ2) is 10.8. The molecular formula is C47H33N3. The highest BCUT2D eigenvalue weighted by molar-refractivity contribution is 6.22. The quantitative estimate of drug-likeness (QED) is 0.192. The molecule has 3 heteroatoms. The van der Waals surface area contributed by atoms with Gasteiger partial charge in [-0.05, 0) is 69.4 Å². The van der Waals surface area contributed by atoms with E-state index < -0.39 is 0 Å². The molecule has 0 atom stereocenters. The summed E-state index contributed by atoms with van der Waals surface area (Å²) >= 11 is 0. The van der Waals surface area contributed by atoms with Crippen LogP contribution in [0.25, 0.3) is 83.3 Å². The summed E-state index contributed by atoms with van der Waals surface area (Å²) in [5, 5.41) is 5.10. The molecule has 10 rings (SSSR count). The normalized spacial score (nSPS) is 13.2. The minimum Gasteiger partial charge on any atom is -0.309 e. The molecule has 50 heavy (non-hydrogen) atoms. The highest BCUT2D eigenvalue weighted by Crippen LogP contribution is 2.51. The van der Waals surface area contributed by atoms with Crippen molar-refractivity contribution in [2.75, 3.05) is 0 Å². The van der Waals surface area contributed by atoms with Crippen molar-refractivity contribution < 1.29 is 0 Å². The van der Waals surface area contributed by atoms with Crippen LogP contribution in [0.3, 0.4) is 0 Å². The third-order valence-electron chi connectivity index (χ3n) is 10.6. The first-order valence-electron chi connectivity index (χ1n) is 17.3. The Labute approximate surface area is 291 Å². The van der Waals surface area contributed by atoms with Gasteiger partial charge < -0.3 is 4.57 Å². The summed E-state index contributed by atoms with van der Waals surface area (Å²) in [6.45, 7) is 4.71. The van der Waals surface area contributed by atoms with Crippen LogP contribution in [0.15, 0.2) is 164 Å². The standard InChI is InChI=1S/C47H33N3/c1-47(2)39-20-12-11-19-36(39)37-27-38-44(28-40(37)47)50(43-26-23-30-13-9-10-18-35(30)45(38)43)34-24-21-32(22-25-34)42-29-41(31-14-5-3-6-15-31)48-46(49-42)33-16-7-4-8-17-33/h3-29H,1-2H3. The van der Waals surface area contributed by atoms with Crippen LogP contribution in [0.2, 0.25) is 0 Å². The molecular weight excluding hydrogens is 607 g/mol. The lowest BCUT2D eigenvalue weighted by molar-refractivity contribution is 0.661. The maximum absolute atomic E-state index is 5.08. The molecule has 236 valence electrons. The molecule has 0 radical (unpaired) electrons. The number of nitrogens with zero attached hydrogens (tertiary/aromatic N) is 3. The molecule has 0 saturated heterocycles. The summed E-state index contributed by atoms with van der Waals surface area (Å²) in [6, 6.07) is 58.7. The van der Waals surface area contributed by atoms with Crippen molar-refractivity contribution in [2.24, 2.45) is 0 Å². The molecule has 0 amide bonds. The van der Waals surface area contributed by atoms with E-state index in [9.17, 15) is 0 Å². The minimum atomic E-state index is -0.0900. The van der Waals surface area contributed by atoms with E-state index in [0.717, 1.165) is 39.6 Å². The Bertz CT molecular complexity index is 2700. The Morgan fingerprint density at radius 3 is 1.86 bits per heavy atom. The van der Waals surface area contributed by atoms with Gasteiger partial charge in [0.1, 0.15) is 0 Å². The fourth-order valence-corrected chi connectivity index (χ4v) is 8.11. The van der Waals surface area contributed by atoms with Gasteiger partial charge in [-0.15, -0.1) is 0 Å². The average molecular weight is 640 g/mol. The number of rotatable bonds is 4. The fraction of sp³-hybridized carbons (Fsp3) is 0.0638. The SMILES string of the molecule is CC1(C)c2ccccc2-c2cc3c4c5ccccc5ccc4n(-c4ccc(-c5cc(-c6ccccc6)nc(-c6ccccc6)n5)cc4)c3cc21. The molecule has 2 aromatic heterocycles. The van der Waals surface area contributed by atoms with E-state index in [1.807, 2.05) is 24.3 Å².